The van der Waals surface area contributed by atoms with Crippen LogP contribution in [0.1, 0.15) is 5.56 Å². The highest BCUT2D eigenvalue weighted by Gasteiger charge is 1.99. The third-order valence-electron chi connectivity index (χ3n) is 1.58. The normalized spacial score (nSPS) is 11.9. The molecule has 1 rings (SSSR count). The Balaban J connectivity index is 3.03. The predicted molar refractivity (Wildman–Crippen MR) is 55.1 cm³/mol. The molecule has 0 atom stereocenters. The van der Waals surface area contributed by atoms with E-state index >= 15 is 0 Å². The highest BCUT2D eigenvalue weighted by molar-refractivity contribution is 7.92. The van der Waals surface area contributed by atoms with Crippen molar-refractivity contribution in [2.45, 2.75) is 0 Å². The van der Waals surface area contributed by atoms with Gasteiger partial charge in [-0.1, -0.05) is 18.2 Å². The van der Waals surface area contributed by atoms with Crippen LogP contribution in [0.2, 0.25) is 0 Å². The average molecular weight is 213 g/mol. The molecule has 0 aromatic heterocycles. The summed E-state index contributed by atoms with van der Waals surface area (Å²) in [6, 6.07) is 7.06. The van der Waals surface area contributed by atoms with Crippen molar-refractivity contribution >= 4 is 16.1 Å². The van der Waals surface area contributed by atoms with E-state index in [0.29, 0.717) is 11.3 Å². The summed E-state index contributed by atoms with van der Waals surface area (Å²) in [5, 5.41) is 5.75. The maximum absolute atomic E-state index is 10.7. The molecule has 0 unspecified atom stereocenters. The number of ether oxygens (including phenoxy) is 1. The summed E-state index contributed by atoms with van der Waals surface area (Å²) in [6.45, 7) is 0. The molecule has 0 heterocycles. The van der Waals surface area contributed by atoms with Gasteiger partial charge in [-0.25, -0.2) is 13.6 Å². The zero-order valence-electron chi connectivity index (χ0n) is 7.67. The molecule has 76 valence electrons. The van der Waals surface area contributed by atoms with E-state index in [9.17, 15) is 8.42 Å². The minimum Gasteiger partial charge on any atom is -0.496 e. The van der Waals surface area contributed by atoms with Gasteiger partial charge < -0.3 is 4.74 Å². The smallest absolute Gasteiger partial charge is 0.231 e. The van der Waals surface area contributed by atoms with E-state index in [1.165, 1.54) is 13.2 Å². The van der Waals surface area contributed by atoms with Gasteiger partial charge >= 0.3 is 0 Å². The summed E-state index contributed by atoms with van der Waals surface area (Å²) in [5.74, 6) is 0.604. The number of hydrogen-bond acceptors (Lipinski definition) is 3. The van der Waals surface area contributed by atoms with Gasteiger partial charge in [-0.2, -0.15) is 0 Å². The van der Waals surface area contributed by atoms with E-state index in [1.807, 2.05) is 0 Å². The lowest BCUT2D eigenvalue weighted by Gasteiger charge is -2.02. The van der Waals surface area contributed by atoms with Crippen molar-refractivity contribution in [2.24, 2.45) is 5.14 Å². The number of primary sulfonamides is 1. The Hall–Kier alpha value is -1.33. The van der Waals surface area contributed by atoms with Crippen molar-refractivity contribution in [3.63, 3.8) is 0 Å². The second-order valence-corrected chi connectivity index (χ2v) is 4.08. The molecule has 2 N–H and O–H groups in total. The summed E-state index contributed by atoms with van der Waals surface area (Å²) < 4.78 is 26.3. The maximum atomic E-state index is 10.7. The van der Waals surface area contributed by atoms with Gasteiger partial charge in [-0.05, 0) is 12.1 Å². The highest BCUT2D eigenvalue weighted by Crippen LogP contribution is 2.18. The van der Waals surface area contributed by atoms with Gasteiger partial charge in [0.15, 0.2) is 0 Å². The number of rotatable bonds is 3. The van der Waals surface area contributed by atoms with Gasteiger partial charge in [0.25, 0.3) is 0 Å². The first-order valence-electron chi connectivity index (χ1n) is 3.87. The second kappa shape index (κ2) is 4.26. The summed E-state index contributed by atoms with van der Waals surface area (Å²) in [7, 11) is -2.07. The number of benzene rings is 1. The lowest BCUT2D eigenvalue weighted by molar-refractivity contribution is 0.414. The molecule has 0 aliphatic carbocycles. The quantitative estimate of drug-likeness (QED) is 0.812. The van der Waals surface area contributed by atoms with Crippen LogP contribution in [0.25, 0.3) is 6.08 Å². The van der Waals surface area contributed by atoms with Gasteiger partial charge in [0.1, 0.15) is 5.75 Å². The van der Waals surface area contributed by atoms with Gasteiger partial charge in [-0.3, -0.25) is 0 Å². The molecule has 1 aromatic carbocycles. The summed E-state index contributed by atoms with van der Waals surface area (Å²) in [4.78, 5) is 0. The average Bonchev–Trinajstić information content (AvgIpc) is 2.14. The second-order valence-electron chi connectivity index (χ2n) is 2.63. The van der Waals surface area contributed by atoms with Crippen molar-refractivity contribution in [1.82, 2.24) is 0 Å². The van der Waals surface area contributed by atoms with Crippen LogP contribution in [-0.4, -0.2) is 15.5 Å². The van der Waals surface area contributed by atoms with Crippen molar-refractivity contribution < 1.29 is 13.2 Å². The van der Waals surface area contributed by atoms with Crippen LogP contribution in [-0.2, 0) is 10.0 Å². The molecule has 4 nitrogen and oxygen atoms in total. The third-order valence-corrected chi connectivity index (χ3v) is 2.09. The Labute approximate surface area is 83.1 Å². The minimum absolute atomic E-state index is 0.604. The Morgan fingerprint density at radius 1 is 1.36 bits per heavy atom. The lowest BCUT2D eigenvalue weighted by Crippen LogP contribution is -2.06. The molecule has 5 heteroatoms. The molecular weight excluding hydrogens is 202 g/mol. The summed E-state index contributed by atoms with van der Waals surface area (Å²) in [6.07, 6.45) is 1.40. The molecular formula is C9H11NO3S. The first-order valence-corrected chi connectivity index (χ1v) is 5.48. The van der Waals surface area contributed by atoms with Crippen LogP contribution < -0.4 is 9.88 Å². The molecule has 1 aromatic rings. The van der Waals surface area contributed by atoms with Crippen LogP contribution in [0.5, 0.6) is 5.75 Å². The van der Waals surface area contributed by atoms with E-state index < -0.39 is 10.0 Å². The number of nitrogens with two attached hydrogens (primary N) is 1. The fraction of sp³-hybridized carbons (Fsp3) is 0.111. The molecule has 0 spiro atoms. The Morgan fingerprint density at radius 3 is 2.57 bits per heavy atom. The van der Waals surface area contributed by atoms with Crippen molar-refractivity contribution in [3.05, 3.63) is 35.2 Å². The number of sulfonamides is 1. The van der Waals surface area contributed by atoms with E-state index in [4.69, 9.17) is 9.88 Å². The Bertz CT molecular complexity index is 437. The molecule has 14 heavy (non-hydrogen) atoms. The molecule has 0 saturated heterocycles. The van der Waals surface area contributed by atoms with E-state index in [0.717, 1.165) is 5.41 Å². The highest BCUT2D eigenvalue weighted by atomic mass is 32.2. The molecule has 0 fully saturated rings. The standard InChI is InChI=1S/C9H11NO3S/c1-13-9-5-3-2-4-8(9)6-7-14(10,11)12/h2-7H,1H3,(H2,10,11,12). The van der Waals surface area contributed by atoms with Gasteiger partial charge in [0.2, 0.25) is 10.0 Å². The first kappa shape index (κ1) is 10.7. The van der Waals surface area contributed by atoms with Gasteiger partial charge in [0.05, 0.1) is 7.11 Å². The Morgan fingerprint density at radius 2 is 2.00 bits per heavy atom. The topological polar surface area (TPSA) is 69.4 Å². The molecule has 0 bridgehead atoms. The largest absolute Gasteiger partial charge is 0.496 e. The third kappa shape index (κ3) is 3.20. The fourth-order valence-electron chi connectivity index (χ4n) is 0.972. The van der Waals surface area contributed by atoms with Crippen molar-refractivity contribution in [1.29, 1.82) is 0 Å². The number of hydrogen-bond donors (Lipinski definition) is 1. The predicted octanol–water partition coefficient (Wildman–Crippen LogP) is 0.954. The zero-order chi connectivity index (χ0) is 10.6. The molecule has 0 radical (unpaired) electrons. The van der Waals surface area contributed by atoms with Crippen LogP contribution >= 0.6 is 0 Å². The van der Waals surface area contributed by atoms with Crippen molar-refractivity contribution in [3.8, 4) is 5.75 Å². The van der Waals surface area contributed by atoms with E-state index in [-0.39, 0.29) is 0 Å². The van der Waals surface area contributed by atoms with Crippen LogP contribution in [0.4, 0.5) is 0 Å². The minimum atomic E-state index is -3.58. The van der Waals surface area contributed by atoms with Crippen LogP contribution in [0.3, 0.4) is 0 Å². The van der Waals surface area contributed by atoms with Crippen molar-refractivity contribution in [2.75, 3.05) is 7.11 Å². The molecule has 0 aliphatic rings. The fourth-order valence-corrected chi connectivity index (χ4v) is 1.31. The van der Waals surface area contributed by atoms with E-state index in [2.05, 4.69) is 0 Å². The first-order chi connectivity index (χ1) is 6.53. The monoisotopic (exact) mass is 213 g/mol. The van der Waals surface area contributed by atoms with Crippen LogP contribution in [0, 0.1) is 0 Å². The molecule has 0 aliphatic heterocycles. The summed E-state index contributed by atoms with van der Waals surface area (Å²) >= 11 is 0. The molecule has 0 saturated carbocycles. The lowest BCUT2D eigenvalue weighted by atomic mass is 10.2. The SMILES string of the molecule is COc1ccccc1C=CS(N)(=O)=O. The summed E-state index contributed by atoms with van der Waals surface area (Å²) in [5.41, 5.74) is 0.670. The molecule has 0 amide bonds. The van der Waals surface area contributed by atoms with Crippen LogP contribution in [0.15, 0.2) is 29.7 Å². The zero-order valence-corrected chi connectivity index (χ0v) is 8.49. The maximum Gasteiger partial charge on any atom is 0.231 e. The van der Waals surface area contributed by atoms with Gasteiger partial charge in [-0.15, -0.1) is 0 Å². The number of para-hydroxylation sites is 1. The number of methoxy groups -OCH3 is 1. The van der Waals surface area contributed by atoms with Gasteiger partial charge in [0, 0.05) is 11.0 Å². The Kier molecular flexibility index (Phi) is 3.27. The van der Waals surface area contributed by atoms with E-state index in [1.54, 1.807) is 24.3 Å².